The highest BCUT2D eigenvalue weighted by Crippen LogP contribution is 2.27. The van der Waals surface area contributed by atoms with Gasteiger partial charge >= 0.3 is 0 Å². The van der Waals surface area contributed by atoms with E-state index in [0.29, 0.717) is 12.1 Å². The van der Waals surface area contributed by atoms with Crippen molar-refractivity contribution in [1.29, 1.82) is 5.26 Å². The molecule has 2 aromatic rings. The Balaban J connectivity index is 2.13. The highest BCUT2D eigenvalue weighted by Gasteiger charge is 2.13. The lowest BCUT2D eigenvalue weighted by atomic mass is 10.2. The van der Waals surface area contributed by atoms with Crippen LogP contribution in [0.15, 0.2) is 36.4 Å². The van der Waals surface area contributed by atoms with Crippen LogP contribution in [0.5, 0.6) is 5.75 Å². The van der Waals surface area contributed by atoms with Crippen molar-refractivity contribution in [1.82, 2.24) is 0 Å². The summed E-state index contributed by atoms with van der Waals surface area (Å²) in [7, 11) is 0. The van der Waals surface area contributed by atoms with Crippen LogP contribution in [0.3, 0.4) is 0 Å². The molecule has 92 valence electrons. The molecule has 0 aliphatic carbocycles. The van der Waals surface area contributed by atoms with E-state index in [1.807, 2.05) is 6.07 Å². The molecule has 3 nitrogen and oxygen atoms in total. The van der Waals surface area contributed by atoms with E-state index in [-0.39, 0.29) is 6.10 Å². The van der Waals surface area contributed by atoms with Gasteiger partial charge in [0.1, 0.15) is 11.9 Å². The average molecular weight is 258 g/mol. The molecule has 0 fully saturated rings. The first-order chi connectivity index (χ1) is 8.72. The van der Waals surface area contributed by atoms with Crippen molar-refractivity contribution in [2.45, 2.75) is 13.0 Å². The molecule has 1 unspecified atom stereocenters. The van der Waals surface area contributed by atoms with Crippen molar-refractivity contribution in [3.8, 4) is 11.8 Å². The standard InChI is InChI=1S/C14H14N2OS/c1-10-2-7-14(18-10)13(9-16)17-12-5-3-11(8-15)4-6-12/h2-7,13H,9,16H2,1H3. The maximum absolute atomic E-state index is 8.73. The molecule has 1 heterocycles. The molecule has 0 spiro atoms. The van der Waals surface area contributed by atoms with Crippen LogP contribution in [0, 0.1) is 18.3 Å². The lowest BCUT2D eigenvalue weighted by Gasteiger charge is -2.16. The molecule has 1 aromatic carbocycles. The number of nitrogens with zero attached hydrogens (tertiary/aromatic N) is 1. The fourth-order valence-corrected chi connectivity index (χ4v) is 2.54. The predicted molar refractivity (Wildman–Crippen MR) is 72.6 cm³/mol. The molecular formula is C14H14N2OS. The van der Waals surface area contributed by atoms with E-state index < -0.39 is 0 Å². The monoisotopic (exact) mass is 258 g/mol. The van der Waals surface area contributed by atoms with Crippen LogP contribution >= 0.6 is 11.3 Å². The molecule has 0 bridgehead atoms. The number of benzene rings is 1. The van der Waals surface area contributed by atoms with Gasteiger partial charge in [-0.3, -0.25) is 0 Å². The van der Waals surface area contributed by atoms with E-state index >= 15 is 0 Å². The van der Waals surface area contributed by atoms with Crippen molar-refractivity contribution < 1.29 is 4.74 Å². The van der Waals surface area contributed by atoms with Gasteiger partial charge in [0.25, 0.3) is 0 Å². The number of hydrogen-bond acceptors (Lipinski definition) is 4. The Kier molecular flexibility index (Phi) is 3.98. The molecule has 0 saturated carbocycles. The van der Waals surface area contributed by atoms with Crippen LogP contribution in [0.25, 0.3) is 0 Å². The SMILES string of the molecule is Cc1ccc(C(CN)Oc2ccc(C#N)cc2)s1. The number of nitrogens with two attached hydrogens (primary N) is 1. The van der Waals surface area contributed by atoms with Gasteiger partial charge in [-0.25, -0.2) is 0 Å². The van der Waals surface area contributed by atoms with Gasteiger partial charge in [0.15, 0.2) is 0 Å². The summed E-state index contributed by atoms with van der Waals surface area (Å²) in [6.07, 6.45) is -0.128. The quantitative estimate of drug-likeness (QED) is 0.917. The molecule has 0 aliphatic rings. The molecule has 0 radical (unpaired) electrons. The molecule has 2 rings (SSSR count). The van der Waals surface area contributed by atoms with Crippen LogP contribution < -0.4 is 10.5 Å². The largest absolute Gasteiger partial charge is 0.484 e. The van der Waals surface area contributed by atoms with Crippen LogP contribution in [-0.4, -0.2) is 6.54 Å². The minimum Gasteiger partial charge on any atom is -0.484 e. The first-order valence-electron chi connectivity index (χ1n) is 5.66. The number of thiophene rings is 1. The van der Waals surface area contributed by atoms with Crippen molar-refractivity contribution in [3.63, 3.8) is 0 Å². The second-order valence-corrected chi connectivity index (χ2v) is 5.25. The summed E-state index contributed by atoms with van der Waals surface area (Å²) < 4.78 is 5.84. The van der Waals surface area contributed by atoms with E-state index in [9.17, 15) is 0 Å². The van der Waals surface area contributed by atoms with E-state index in [4.69, 9.17) is 15.7 Å². The second kappa shape index (κ2) is 5.67. The summed E-state index contributed by atoms with van der Waals surface area (Å²) in [5, 5.41) is 8.73. The van der Waals surface area contributed by atoms with Crippen molar-refractivity contribution in [2.75, 3.05) is 6.54 Å². The van der Waals surface area contributed by atoms with Crippen molar-refractivity contribution in [2.24, 2.45) is 5.73 Å². The molecule has 2 N–H and O–H groups in total. The average Bonchev–Trinajstić information content (AvgIpc) is 2.83. The predicted octanol–water partition coefficient (Wildman–Crippen LogP) is 3.01. The Labute approximate surface area is 110 Å². The van der Waals surface area contributed by atoms with Crippen molar-refractivity contribution in [3.05, 3.63) is 51.7 Å². The molecule has 1 aromatic heterocycles. The fourth-order valence-electron chi connectivity index (χ4n) is 1.62. The minimum absolute atomic E-state index is 0.128. The molecule has 4 heteroatoms. The maximum Gasteiger partial charge on any atom is 0.145 e. The molecule has 1 atom stereocenters. The molecule has 0 aliphatic heterocycles. The molecule has 0 saturated heterocycles. The highest BCUT2D eigenvalue weighted by atomic mass is 32.1. The molecule has 18 heavy (non-hydrogen) atoms. The zero-order chi connectivity index (χ0) is 13.0. The number of nitriles is 1. The Morgan fingerprint density at radius 1 is 1.28 bits per heavy atom. The maximum atomic E-state index is 8.73. The Hall–Kier alpha value is -1.83. The van der Waals surface area contributed by atoms with E-state index in [2.05, 4.69) is 19.1 Å². The first kappa shape index (κ1) is 12.6. The van der Waals surface area contributed by atoms with Crippen LogP contribution in [-0.2, 0) is 0 Å². The summed E-state index contributed by atoms with van der Waals surface area (Å²) in [4.78, 5) is 2.37. The third-order valence-corrected chi connectivity index (χ3v) is 3.65. The smallest absolute Gasteiger partial charge is 0.145 e. The van der Waals surface area contributed by atoms with E-state index in [1.165, 1.54) is 4.88 Å². The van der Waals surface area contributed by atoms with Gasteiger partial charge in [0.05, 0.1) is 11.6 Å². The fraction of sp³-hybridized carbons (Fsp3) is 0.214. The number of hydrogen-bond donors (Lipinski definition) is 1. The summed E-state index contributed by atoms with van der Waals surface area (Å²) in [6.45, 7) is 2.49. The van der Waals surface area contributed by atoms with E-state index in [0.717, 1.165) is 10.6 Å². The Morgan fingerprint density at radius 2 is 2.00 bits per heavy atom. The van der Waals surface area contributed by atoms with Crippen molar-refractivity contribution >= 4 is 11.3 Å². The summed E-state index contributed by atoms with van der Waals surface area (Å²) >= 11 is 1.69. The Bertz CT molecular complexity index is 554. The van der Waals surface area contributed by atoms with E-state index in [1.54, 1.807) is 35.6 Å². The summed E-state index contributed by atoms with van der Waals surface area (Å²) in [5.41, 5.74) is 6.37. The van der Waals surface area contributed by atoms with Crippen LogP contribution in [0.2, 0.25) is 0 Å². The second-order valence-electron chi connectivity index (χ2n) is 3.93. The summed E-state index contributed by atoms with van der Waals surface area (Å²) in [5.74, 6) is 0.732. The highest BCUT2D eigenvalue weighted by molar-refractivity contribution is 7.12. The normalized spacial score (nSPS) is 11.8. The third-order valence-electron chi connectivity index (χ3n) is 2.55. The van der Waals surface area contributed by atoms with Gasteiger partial charge < -0.3 is 10.5 Å². The zero-order valence-electron chi connectivity index (χ0n) is 10.1. The number of aryl methyl sites for hydroxylation is 1. The first-order valence-corrected chi connectivity index (χ1v) is 6.48. The number of rotatable bonds is 4. The van der Waals surface area contributed by atoms with Gasteiger partial charge in [0.2, 0.25) is 0 Å². The zero-order valence-corrected chi connectivity index (χ0v) is 10.9. The van der Waals surface area contributed by atoms with Crippen LogP contribution in [0.4, 0.5) is 0 Å². The Morgan fingerprint density at radius 3 is 2.50 bits per heavy atom. The third kappa shape index (κ3) is 2.89. The topological polar surface area (TPSA) is 59.0 Å². The van der Waals surface area contributed by atoms with Gasteiger partial charge in [-0.1, -0.05) is 0 Å². The van der Waals surface area contributed by atoms with Gasteiger partial charge in [0, 0.05) is 16.3 Å². The molecule has 0 amide bonds. The van der Waals surface area contributed by atoms with Gasteiger partial charge in [-0.2, -0.15) is 5.26 Å². The lowest BCUT2D eigenvalue weighted by molar-refractivity contribution is 0.218. The molecular weight excluding hydrogens is 244 g/mol. The summed E-state index contributed by atoms with van der Waals surface area (Å²) in [6, 6.07) is 13.2. The van der Waals surface area contributed by atoms with Crippen LogP contribution in [0.1, 0.15) is 21.4 Å². The number of ether oxygens (including phenoxy) is 1. The van der Waals surface area contributed by atoms with Gasteiger partial charge in [-0.05, 0) is 43.3 Å². The lowest BCUT2D eigenvalue weighted by Crippen LogP contribution is -2.17. The minimum atomic E-state index is -0.128. The van der Waals surface area contributed by atoms with Gasteiger partial charge in [-0.15, -0.1) is 11.3 Å².